The first-order valence-corrected chi connectivity index (χ1v) is 6.72. The topological polar surface area (TPSA) is 35.0 Å². The minimum absolute atomic E-state index is 0.157. The molecule has 0 amide bonds. The summed E-state index contributed by atoms with van der Waals surface area (Å²) in [7, 11) is 0. The molecule has 1 aromatic carbocycles. The van der Waals surface area contributed by atoms with E-state index in [-0.39, 0.29) is 10.3 Å². The van der Waals surface area contributed by atoms with Gasteiger partial charge in [-0.05, 0) is 34.1 Å². The molecule has 0 aliphatic rings. The highest BCUT2D eigenvalue weighted by Gasteiger charge is 2.09. The minimum Gasteiger partial charge on any atom is -0.453 e. The van der Waals surface area contributed by atoms with E-state index in [2.05, 4.69) is 42.1 Å². The monoisotopic (exact) mass is 396 g/mol. The van der Waals surface area contributed by atoms with Gasteiger partial charge in [0.05, 0.1) is 4.47 Å². The average molecular weight is 399 g/mol. The van der Waals surface area contributed by atoms with E-state index in [1.165, 1.54) is 6.07 Å². The number of hydrogen-bond donors (Lipinski definition) is 0. The molecule has 17 heavy (non-hydrogen) atoms. The third kappa shape index (κ3) is 3.31. The van der Waals surface area contributed by atoms with Gasteiger partial charge in [0.15, 0.2) is 16.1 Å². The van der Waals surface area contributed by atoms with E-state index in [0.717, 1.165) is 8.95 Å². The molecule has 7 heteroatoms. The number of halogens is 4. The Hall–Kier alpha value is -0.360. The number of ether oxygens (including phenoxy) is 1. The summed E-state index contributed by atoms with van der Waals surface area (Å²) in [6.45, 7) is 0. The Bertz CT molecular complexity index is 566. The Labute approximate surface area is 124 Å². The minimum atomic E-state index is 0.157. The maximum absolute atomic E-state index is 5.85. The molecule has 2 aromatic rings. The molecule has 3 nitrogen and oxygen atoms in total. The third-order valence-electron chi connectivity index (χ3n) is 1.80. The first-order valence-electron chi connectivity index (χ1n) is 4.38. The highest BCUT2D eigenvalue weighted by atomic mass is 79.9. The second-order valence-electron chi connectivity index (χ2n) is 3.00. The fourth-order valence-electron chi connectivity index (χ4n) is 1.09. The summed E-state index contributed by atoms with van der Waals surface area (Å²) in [4.78, 5) is 0. The molecule has 0 saturated carbocycles. The zero-order valence-corrected chi connectivity index (χ0v) is 12.8. The predicted molar refractivity (Wildman–Crippen MR) is 74.0 cm³/mol. The predicted octanol–water partition coefficient (Wildman–Crippen LogP) is 5.10. The summed E-state index contributed by atoms with van der Waals surface area (Å²) >= 11 is 18.3. The highest BCUT2D eigenvalue weighted by Crippen LogP contribution is 2.34. The number of aromatic nitrogens is 2. The van der Waals surface area contributed by atoms with Gasteiger partial charge >= 0.3 is 0 Å². The largest absolute Gasteiger partial charge is 0.453 e. The molecule has 0 aliphatic carbocycles. The Kier molecular flexibility index (Phi) is 4.25. The molecule has 0 unspecified atom stereocenters. The van der Waals surface area contributed by atoms with Crippen molar-refractivity contribution in [3.8, 4) is 11.5 Å². The van der Waals surface area contributed by atoms with Crippen LogP contribution in [-0.2, 0) is 0 Å². The number of benzene rings is 1. The van der Waals surface area contributed by atoms with E-state index in [4.69, 9.17) is 27.9 Å². The van der Waals surface area contributed by atoms with Crippen molar-refractivity contribution < 1.29 is 4.74 Å². The van der Waals surface area contributed by atoms with Crippen LogP contribution in [0.25, 0.3) is 0 Å². The lowest BCUT2D eigenvalue weighted by Gasteiger charge is -2.08. The van der Waals surface area contributed by atoms with Gasteiger partial charge in [-0.2, -0.15) is 0 Å². The molecule has 0 atom stereocenters. The van der Waals surface area contributed by atoms with Crippen LogP contribution in [0.4, 0.5) is 0 Å². The van der Waals surface area contributed by atoms with Crippen LogP contribution in [0.1, 0.15) is 0 Å². The van der Waals surface area contributed by atoms with Crippen LogP contribution in [-0.4, -0.2) is 10.2 Å². The van der Waals surface area contributed by atoms with Gasteiger partial charge in [0, 0.05) is 10.5 Å². The summed E-state index contributed by atoms with van der Waals surface area (Å²) in [5.74, 6) is 0.967. The van der Waals surface area contributed by atoms with Gasteiger partial charge in [0.25, 0.3) is 0 Å². The van der Waals surface area contributed by atoms with E-state index in [9.17, 15) is 0 Å². The summed E-state index contributed by atoms with van der Waals surface area (Å²) in [5.41, 5.74) is 0. The standard InChI is InChI=1S/C10H4Br2Cl2N2O/c11-5-1-2-7(6(12)3-5)17-8-4-9(13)15-16-10(8)14/h1-4H. The fourth-order valence-corrected chi connectivity index (χ4v) is 2.48. The van der Waals surface area contributed by atoms with Crippen molar-refractivity contribution in [2.45, 2.75) is 0 Å². The van der Waals surface area contributed by atoms with E-state index >= 15 is 0 Å². The Morgan fingerprint density at radius 1 is 1.00 bits per heavy atom. The maximum Gasteiger partial charge on any atom is 0.194 e. The highest BCUT2D eigenvalue weighted by molar-refractivity contribution is 9.11. The van der Waals surface area contributed by atoms with E-state index < -0.39 is 0 Å². The second kappa shape index (κ2) is 5.52. The molecule has 0 saturated heterocycles. The van der Waals surface area contributed by atoms with Crippen LogP contribution in [0.2, 0.25) is 10.3 Å². The van der Waals surface area contributed by atoms with Crippen LogP contribution < -0.4 is 4.74 Å². The molecule has 0 N–H and O–H groups in total. The summed E-state index contributed by atoms with van der Waals surface area (Å²) in [6, 6.07) is 7.01. The van der Waals surface area contributed by atoms with Crippen LogP contribution >= 0.6 is 55.1 Å². The van der Waals surface area contributed by atoms with Gasteiger partial charge in [-0.25, -0.2) is 0 Å². The first kappa shape index (κ1) is 13.1. The Morgan fingerprint density at radius 2 is 1.76 bits per heavy atom. The number of hydrogen-bond acceptors (Lipinski definition) is 3. The molecular formula is C10H4Br2Cl2N2O. The SMILES string of the molecule is Clc1cc(Oc2ccc(Br)cc2Br)c(Cl)nn1. The van der Waals surface area contributed by atoms with Gasteiger partial charge in [-0.15, -0.1) is 10.2 Å². The normalized spacial score (nSPS) is 10.4. The molecular weight excluding hydrogens is 395 g/mol. The maximum atomic E-state index is 5.85. The lowest BCUT2D eigenvalue weighted by molar-refractivity contribution is 0.475. The van der Waals surface area contributed by atoms with Crippen LogP contribution in [0.3, 0.4) is 0 Å². The summed E-state index contributed by atoms with van der Waals surface area (Å²) in [5, 5.41) is 7.63. The van der Waals surface area contributed by atoms with Crippen molar-refractivity contribution in [1.82, 2.24) is 10.2 Å². The quantitative estimate of drug-likeness (QED) is 0.705. The fraction of sp³-hybridized carbons (Fsp3) is 0. The van der Waals surface area contributed by atoms with Crippen molar-refractivity contribution in [3.63, 3.8) is 0 Å². The van der Waals surface area contributed by atoms with E-state index in [1.807, 2.05) is 12.1 Å². The molecule has 0 aliphatic heterocycles. The molecule has 2 rings (SSSR count). The Balaban J connectivity index is 2.34. The van der Waals surface area contributed by atoms with Crippen molar-refractivity contribution >= 4 is 55.1 Å². The van der Waals surface area contributed by atoms with Gasteiger partial charge in [0.1, 0.15) is 5.75 Å². The third-order valence-corrected chi connectivity index (χ3v) is 3.36. The van der Waals surface area contributed by atoms with Crippen molar-refractivity contribution in [1.29, 1.82) is 0 Å². The molecule has 0 spiro atoms. The van der Waals surface area contributed by atoms with E-state index in [1.54, 1.807) is 6.07 Å². The van der Waals surface area contributed by atoms with Gasteiger partial charge in [-0.1, -0.05) is 39.1 Å². The summed E-state index contributed by atoms with van der Waals surface area (Å²) in [6.07, 6.45) is 0. The molecule has 1 aromatic heterocycles. The van der Waals surface area contributed by atoms with Crippen LogP contribution in [0, 0.1) is 0 Å². The van der Waals surface area contributed by atoms with Crippen LogP contribution in [0.5, 0.6) is 11.5 Å². The number of nitrogens with zero attached hydrogens (tertiary/aromatic N) is 2. The molecule has 88 valence electrons. The van der Waals surface area contributed by atoms with Crippen molar-refractivity contribution in [3.05, 3.63) is 43.5 Å². The smallest absolute Gasteiger partial charge is 0.194 e. The molecule has 0 radical (unpaired) electrons. The van der Waals surface area contributed by atoms with Crippen LogP contribution in [0.15, 0.2) is 33.2 Å². The van der Waals surface area contributed by atoms with Gasteiger partial charge < -0.3 is 4.74 Å². The Morgan fingerprint density at radius 3 is 2.47 bits per heavy atom. The zero-order valence-electron chi connectivity index (χ0n) is 8.12. The van der Waals surface area contributed by atoms with Crippen molar-refractivity contribution in [2.75, 3.05) is 0 Å². The van der Waals surface area contributed by atoms with E-state index in [0.29, 0.717) is 11.5 Å². The lowest BCUT2D eigenvalue weighted by atomic mass is 10.3. The van der Waals surface area contributed by atoms with Crippen molar-refractivity contribution in [2.24, 2.45) is 0 Å². The lowest BCUT2D eigenvalue weighted by Crippen LogP contribution is -1.91. The molecule has 0 bridgehead atoms. The average Bonchev–Trinajstić information content (AvgIpc) is 2.27. The second-order valence-corrected chi connectivity index (χ2v) is 5.51. The summed E-state index contributed by atoms with van der Waals surface area (Å²) < 4.78 is 7.32. The van der Waals surface area contributed by atoms with Gasteiger partial charge in [0.2, 0.25) is 0 Å². The molecule has 0 fully saturated rings. The number of rotatable bonds is 2. The first-order chi connectivity index (χ1) is 8.06. The zero-order chi connectivity index (χ0) is 12.4. The molecule has 1 heterocycles. The van der Waals surface area contributed by atoms with Gasteiger partial charge in [-0.3, -0.25) is 0 Å².